The molecule has 10 heteroatoms. The van der Waals surface area contributed by atoms with Crippen LogP contribution in [0.3, 0.4) is 0 Å². The van der Waals surface area contributed by atoms with Crippen LogP contribution in [-0.2, 0) is 28.4 Å². The number of nitrogens with zero attached hydrogens (tertiary/aromatic N) is 3. The summed E-state index contributed by atoms with van der Waals surface area (Å²) < 4.78 is 19.8. The van der Waals surface area contributed by atoms with E-state index in [9.17, 15) is 19.1 Å². The number of ether oxygens (including phenoxy) is 1. The SMILES string of the molecule is CCc1ccc(C2C(=C(O)c3ccc(OCc4cccc(C)c4)cc3)C(=O)C(=O)N2c2nnc(SCc3ccc(F)cc3)s2)cc1. The summed E-state index contributed by atoms with van der Waals surface area (Å²) in [6.45, 7) is 4.45. The number of hydrogen-bond donors (Lipinski definition) is 1. The third-order valence-electron chi connectivity index (χ3n) is 7.64. The van der Waals surface area contributed by atoms with Crippen molar-refractivity contribution >= 4 is 45.7 Å². The molecule has 7 nitrogen and oxygen atoms in total. The predicted molar refractivity (Wildman–Crippen MR) is 178 cm³/mol. The van der Waals surface area contributed by atoms with E-state index in [1.54, 1.807) is 36.4 Å². The Kier molecular flexibility index (Phi) is 9.28. The number of aryl methyl sites for hydroxylation is 2. The lowest BCUT2D eigenvalue weighted by molar-refractivity contribution is -0.132. The zero-order valence-electron chi connectivity index (χ0n) is 25.1. The molecule has 46 heavy (non-hydrogen) atoms. The van der Waals surface area contributed by atoms with E-state index < -0.39 is 17.7 Å². The van der Waals surface area contributed by atoms with Crippen molar-refractivity contribution in [3.63, 3.8) is 0 Å². The third-order valence-corrected chi connectivity index (χ3v) is 9.77. The molecule has 1 N–H and O–H groups in total. The first kappa shape index (κ1) is 31.2. The maximum atomic E-state index is 13.6. The van der Waals surface area contributed by atoms with Gasteiger partial charge in [0.15, 0.2) is 4.34 Å². The predicted octanol–water partition coefficient (Wildman–Crippen LogP) is 8.05. The Morgan fingerprint density at radius 3 is 2.35 bits per heavy atom. The minimum atomic E-state index is -0.911. The van der Waals surface area contributed by atoms with Gasteiger partial charge < -0.3 is 9.84 Å². The van der Waals surface area contributed by atoms with E-state index in [0.717, 1.165) is 28.7 Å². The largest absolute Gasteiger partial charge is 0.507 e. The molecule has 1 aliphatic heterocycles. The van der Waals surface area contributed by atoms with Crippen LogP contribution in [0, 0.1) is 12.7 Å². The van der Waals surface area contributed by atoms with Crippen molar-refractivity contribution < 1.29 is 23.8 Å². The lowest BCUT2D eigenvalue weighted by atomic mass is 9.94. The Labute approximate surface area is 274 Å². The fraction of sp³-hybridized carbons (Fsp3) is 0.167. The number of Topliss-reactive ketones (excluding diaryl/α,β-unsaturated/α-hetero) is 1. The van der Waals surface area contributed by atoms with Gasteiger partial charge in [0.2, 0.25) is 5.13 Å². The van der Waals surface area contributed by atoms with E-state index in [2.05, 4.69) is 16.3 Å². The number of aromatic nitrogens is 2. The minimum Gasteiger partial charge on any atom is -0.507 e. The minimum absolute atomic E-state index is 0.0293. The molecule has 0 saturated carbocycles. The van der Waals surface area contributed by atoms with E-state index in [4.69, 9.17) is 4.74 Å². The molecule has 232 valence electrons. The van der Waals surface area contributed by atoms with Crippen molar-refractivity contribution in [1.29, 1.82) is 0 Å². The van der Waals surface area contributed by atoms with Gasteiger partial charge in [-0.2, -0.15) is 0 Å². The molecule has 1 amide bonds. The van der Waals surface area contributed by atoms with Crippen molar-refractivity contribution in [2.24, 2.45) is 0 Å². The van der Waals surface area contributed by atoms with Crippen molar-refractivity contribution in [1.82, 2.24) is 10.2 Å². The normalized spacial score (nSPS) is 15.8. The number of ketones is 1. The first-order valence-electron chi connectivity index (χ1n) is 14.7. The lowest BCUT2D eigenvalue weighted by Crippen LogP contribution is -2.29. The van der Waals surface area contributed by atoms with Gasteiger partial charge in [-0.05, 0) is 72.0 Å². The number of aliphatic hydroxyl groups excluding tert-OH is 1. The van der Waals surface area contributed by atoms with Gasteiger partial charge in [0.1, 0.15) is 23.9 Å². The van der Waals surface area contributed by atoms with E-state index in [-0.39, 0.29) is 22.3 Å². The number of benzene rings is 4. The third kappa shape index (κ3) is 6.73. The Morgan fingerprint density at radius 1 is 0.935 bits per heavy atom. The number of halogens is 1. The lowest BCUT2D eigenvalue weighted by Gasteiger charge is -2.22. The number of carbonyl (C=O) groups excluding carboxylic acids is 2. The zero-order chi connectivity index (χ0) is 32.2. The zero-order valence-corrected chi connectivity index (χ0v) is 26.8. The molecule has 0 radical (unpaired) electrons. The second kappa shape index (κ2) is 13.7. The van der Waals surface area contributed by atoms with Crippen LogP contribution < -0.4 is 9.64 Å². The van der Waals surface area contributed by atoms with Gasteiger partial charge >= 0.3 is 5.91 Å². The van der Waals surface area contributed by atoms with Gasteiger partial charge in [0, 0.05) is 11.3 Å². The fourth-order valence-electron chi connectivity index (χ4n) is 5.20. The van der Waals surface area contributed by atoms with Gasteiger partial charge in [-0.25, -0.2) is 4.39 Å². The maximum absolute atomic E-state index is 13.6. The smallest absolute Gasteiger partial charge is 0.301 e. The molecule has 1 aromatic heterocycles. The highest BCUT2D eigenvalue weighted by atomic mass is 32.2. The summed E-state index contributed by atoms with van der Waals surface area (Å²) in [7, 11) is 0. The maximum Gasteiger partial charge on any atom is 0.301 e. The Morgan fingerprint density at radius 2 is 1.65 bits per heavy atom. The monoisotopic (exact) mass is 651 g/mol. The number of thioether (sulfide) groups is 1. The number of carbonyl (C=O) groups is 2. The summed E-state index contributed by atoms with van der Waals surface area (Å²) in [5, 5.41) is 20.3. The van der Waals surface area contributed by atoms with Gasteiger partial charge in [-0.15, -0.1) is 10.2 Å². The Bertz CT molecular complexity index is 1910. The fourth-order valence-corrected chi connectivity index (χ4v) is 7.02. The standard InChI is InChI=1S/C36H30FN3O4S2/c1-3-23-7-11-26(12-8-23)31-30(32(41)27-13-17-29(18-14-27)44-20-25-6-4-5-22(2)19-25)33(42)34(43)40(31)35-38-39-36(46-35)45-21-24-9-15-28(37)16-10-24/h4-19,31,41H,3,20-21H2,1-2H3. The van der Waals surface area contributed by atoms with Gasteiger partial charge in [0.05, 0.1) is 11.6 Å². The van der Waals surface area contributed by atoms with E-state index in [1.165, 1.54) is 40.1 Å². The summed E-state index contributed by atoms with van der Waals surface area (Å²) in [4.78, 5) is 28.5. The number of hydrogen-bond acceptors (Lipinski definition) is 8. The molecule has 1 fully saturated rings. The molecule has 2 heterocycles. The summed E-state index contributed by atoms with van der Waals surface area (Å²) in [5.74, 6) is -1.07. The molecule has 0 spiro atoms. The molecular formula is C36H30FN3O4S2. The Balaban J connectivity index is 1.30. The van der Waals surface area contributed by atoms with Crippen molar-refractivity contribution in [3.8, 4) is 5.75 Å². The summed E-state index contributed by atoms with van der Waals surface area (Å²) in [6.07, 6.45) is 0.823. The quantitative estimate of drug-likeness (QED) is 0.0537. The Hall–Kier alpha value is -4.80. The molecule has 0 bridgehead atoms. The van der Waals surface area contributed by atoms with Gasteiger partial charge in [-0.3, -0.25) is 14.5 Å². The highest BCUT2D eigenvalue weighted by molar-refractivity contribution is 8.00. The summed E-state index contributed by atoms with van der Waals surface area (Å²) in [6, 6.07) is 27.7. The molecule has 5 aromatic rings. The highest BCUT2D eigenvalue weighted by Crippen LogP contribution is 2.44. The van der Waals surface area contributed by atoms with Crippen LogP contribution >= 0.6 is 23.1 Å². The van der Waals surface area contributed by atoms with Crippen LogP contribution in [0.5, 0.6) is 5.75 Å². The van der Waals surface area contributed by atoms with Crippen molar-refractivity contribution in [2.45, 2.75) is 43.0 Å². The highest BCUT2D eigenvalue weighted by Gasteiger charge is 2.48. The van der Waals surface area contributed by atoms with Gasteiger partial charge in [0.25, 0.3) is 5.78 Å². The second-order valence-corrected chi connectivity index (χ2v) is 13.0. The number of rotatable bonds is 10. The van der Waals surface area contributed by atoms with E-state index >= 15 is 0 Å². The molecule has 6 rings (SSSR count). The molecule has 0 aliphatic carbocycles. The first-order valence-corrected chi connectivity index (χ1v) is 16.5. The van der Waals surface area contributed by atoms with E-state index in [0.29, 0.717) is 33.6 Å². The van der Waals surface area contributed by atoms with Crippen LogP contribution in [0.2, 0.25) is 0 Å². The molecule has 1 aliphatic rings. The molecule has 1 saturated heterocycles. The average Bonchev–Trinajstić information content (AvgIpc) is 3.65. The topological polar surface area (TPSA) is 92.6 Å². The molecular weight excluding hydrogens is 622 g/mol. The van der Waals surface area contributed by atoms with Crippen LogP contribution in [0.1, 0.15) is 46.3 Å². The number of anilines is 1. The van der Waals surface area contributed by atoms with Crippen LogP contribution in [0.4, 0.5) is 9.52 Å². The van der Waals surface area contributed by atoms with Crippen LogP contribution in [-0.4, -0.2) is 27.0 Å². The average molecular weight is 652 g/mol. The van der Waals surface area contributed by atoms with Gasteiger partial charge in [-0.1, -0.05) is 96.2 Å². The summed E-state index contributed by atoms with van der Waals surface area (Å²) in [5.41, 5.74) is 5.19. The van der Waals surface area contributed by atoms with Crippen molar-refractivity contribution in [3.05, 3.63) is 142 Å². The molecule has 4 aromatic carbocycles. The second-order valence-electron chi connectivity index (χ2n) is 10.8. The van der Waals surface area contributed by atoms with Crippen LogP contribution in [0.25, 0.3) is 5.76 Å². The molecule has 1 unspecified atom stereocenters. The summed E-state index contributed by atoms with van der Waals surface area (Å²) >= 11 is 2.58. The number of amides is 1. The van der Waals surface area contributed by atoms with E-state index in [1.807, 2.05) is 56.3 Å². The first-order chi connectivity index (χ1) is 22.3. The van der Waals surface area contributed by atoms with Crippen LogP contribution in [0.15, 0.2) is 107 Å². The number of aliphatic hydroxyl groups is 1. The van der Waals surface area contributed by atoms with Crippen molar-refractivity contribution in [2.75, 3.05) is 4.90 Å². The molecule has 1 atom stereocenters.